The average molecular weight is 298 g/mol. The molecule has 0 radical (unpaired) electrons. The summed E-state index contributed by atoms with van der Waals surface area (Å²) in [7, 11) is 1.63. The molecular weight excluding hydrogens is 285 g/mol. The van der Waals surface area contributed by atoms with Gasteiger partial charge in [0, 0.05) is 7.05 Å². The lowest BCUT2D eigenvalue weighted by Crippen LogP contribution is -2.30. The fraction of sp³-hybridized carbons (Fsp3) is 0.308. The first-order valence-corrected chi connectivity index (χ1v) is 6.11. The number of halogens is 3. The first kappa shape index (κ1) is 15.0. The number of nitrogens with one attached hydrogen (secondary N) is 1. The molecule has 0 aliphatic heterocycles. The summed E-state index contributed by atoms with van der Waals surface area (Å²) >= 11 is 0. The Balaban J connectivity index is 2.24. The zero-order valence-electron chi connectivity index (χ0n) is 11.3. The van der Waals surface area contributed by atoms with Crippen molar-refractivity contribution in [2.24, 2.45) is 7.05 Å². The Labute approximate surface area is 118 Å². The molecule has 0 saturated heterocycles. The van der Waals surface area contributed by atoms with Crippen LogP contribution < -0.4 is 5.32 Å². The Kier molecular flexibility index (Phi) is 3.97. The number of amides is 1. The van der Waals surface area contributed by atoms with E-state index in [4.69, 9.17) is 0 Å². The highest BCUT2D eigenvalue weighted by molar-refractivity contribution is 5.96. The van der Waals surface area contributed by atoms with E-state index < -0.39 is 29.3 Å². The molecule has 0 aliphatic rings. The van der Waals surface area contributed by atoms with Crippen molar-refractivity contribution < 1.29 is 18.0 Å². The molecule has 1 aromatic carbocycles. The van der Waals surface area contributed by atoms with Gasteiger partial charge in [-0.15, -0.1) is 0 Å². The largest absolute Gasteiger partial charge is 0.417 e. The molecule has 0 spiro atoms. The van der Waals surface area contributed by atoms with Crippen LogP contribution in [0.2, 0.25) is 0 Å². The van der Waals surface area contributed by atoms with Gasteiger partial charge in [-0.1, -0.05) is 12.1 Å². The third kappa shape index (κ3) is 3.21. The van der Waals surface area contributed by atoms with Crippen molar-refractivity contribution in [3.05, 3.63) is 47.5 Å². The molecule has 1 heterocycles. The summed E-state index contributed by atoms with van der Waals surface area (Å²) in [5.41, 5.74) is -1.38. The number of alkyl halides is 3. The van der Waals surface area contributed by atoms with Gasteiger partial charge in [0.2, 0.25) is 0 Å². The van der Waals surface area contributed by atoms with Crippen LogP contribution in [0.5, 0.6) is 0 Å². The van der Waals surface area contributed by atoms with Crippen LogP contribution in [0.4, 0.5) is 13.2 Å². The van der Waals surface area contributed by atoms with Gasteiger partial charge in [-0.25, -0.2) is 4.98 Å². The Morgan fingerprint density at radius 2 is 2.00 bits per heavy atom. The van der Waals surface area contributed by atoms with Crippen molar-refractivity contribution in [1.29, 1.82) is 0 Å². The molecule has 1 aromatic heterocycles. The van der Waals surface area contributed by atoms with Crippen molar-refractivity contribution in [2.75, 3.05) is 0 Å². The molecule has 5 nitrogen and oxygen atoms in total. The van der Waals surface area contributed by atoms with Gasteiger partial charge in [0.1, 0.15) is 12.2 Å². The molecule has 1 amide bonds. The Morgan fingerprint density at radius 3 is 2.57 bits per heavy atom. The monoisotopic (exact) mass is 298 g/mol. The zero-order chi connectivity index (χ0) is 15.6. The lowest BCUT2D eigenvalue weighted by Gasteiger charge is -2.16. The predicted octanol–water partition coefficient (Wildman–Crippen LogP) is 2.32. The fourth-order valence-corrected chi connectivity index (χ4v) is 1.96. The van der Waals surface area contributed by atoms with Gasteiger partial charge in [-0.05, 0) is 19.1 Å². The lowest BCUT2D eigenvalue weighted by molar-refractivity contribution is -0.137. The van der Waals surface area contributed by atoms with Gasteiger partial charge in [0.15, 0.2) is 0 Å². The standard InChI is InChI=1S/C13H13F3N4O/c1-8(11-17-7-18-20(11)2)19-12(21)9-5-3-4-6-10(9)13(14,15)16/h3-8H,1-2H3,(H,19,21). The Bertz CT molecular complexity index is 651. The molecule has 8 heteroatoms. The number of hydrogen-bond acceptors (Lipinski definition) is 3. The second-order valence-corrected chi connectivity index (χ2v) is 4.48. The number of aryl methyl sites for hydroxylation is 1. The van der Waals surface area contributed by atoms with Crippen molar-refractivity contribution in [3.63, 3.8) is 0 Å². The van der Waals surface area contributed by atoms with Crippen LogP contribution in [0, 0.1) is 0 Å². The van der Waals surface area contributed by atoms with E-state index in [-0.39, 0.29) is 0 Å². The van der Waals surface area contributed by atoms with Crippen molar-refractivity contribution in [1.82, 2.24) is 20.1 Å². The second-order valence-electron chi connectivity index (χ2n) is 4.48. The zero-order valence-corrected chi connectivity index (χ0v) is 11.3. The summed E-state index contributed by atoms with van der Waals surface area (Å²) in [5, 5.41) is 6.34. The first-order valence-electron chi connectivity index (χ1n) is 6.11. The normalized spacial score (nSPS) is 13.0. The quantitative estimate of drug-likeness (QED) is 0.946. The van der Waals surface area contributed by atoms with Crippen molar-refractivity contribution in [2.45, 2.75) is 19.1 Å². The van der Waals surface area contributed by atoms with E-state index in [1.807, 2.05) is 0 Å². The number of carbonyl (C=O) groups excluding carboxylic acids is 1. The van der Waals surface area contributed by atoms with E-state index in [0.29, 0.717) is 5.82 Å². The highest BCUT2D eigenvalue weighted by Crippen LogP contribution is 2.31. The van der Waals surface area contributed by atoms with E-state index in [0.717, 1.165) is 12.1 Å². The van der Waals surface area contributed by atoms with Gasteiger partial charge in [0.05, 0.1) is 17.2 Å². The van der Waals surface area contributed by atoms with Crippen LogP contribution in [-0.2, 0) is 13.2 Å². The Morgan fingerprint density at radius 1 is 1.33 bits per heavy atom. The molecule has 2 aromatic rings. The van der Waals surface area contributed by atoms with E-state index in [1.165, 1.54) is 23.1 Å². The molecule has 0 fully saturated rings. The first-order chi connectivity index (χ1) is 9.80. The van der Waals surface area contributed by atoms with Gasteiger partial charge in [0.25, 0.3) is 5.91 Å². The molecule has 1 N–H and O–H groups in total. The number of aromatic nitrogens is 3. The molecule has 1 atom stereocenters. The molecule has 0 bridgehead atoms. The van der Waals surface area contributed by atoms with Crippen molar-refractivity contribution >= 4 is 5.91 Å². The topological polar surface area (TPSA) is 59.8 Å². The molecule has 1 unspecified atom stereocenters. The van der Waals surface area contributed by atoms with E-state index in [2.05, 4.69) is 15.4 Å². The SMILES string of the molecule is CC(NC(=O)c1ccccc1C(F)(F)F)c1ncnn1C. The minimum Gasteiger partial charge on any atom is -0.342 e. The smallest absolute Gasteiger partial charge is 0.342 e. The highest BCUT2D eigenvalue weighted by Gasteiger charge is 2.35. The molecule has 0 saturated carbocycles. The maximum atomic E-state index is 12.9. The van der Waals surface area contributed by atoms with Crippen LogP contribution in [-0.4, -0.2) is 20.7 Å². The summed E-state index contributed by atoms with van der Waals surface area (Å²) in [6.45, 7) is 1.62. The van der Waals surface area contributed by atoms with Crippen molar-refractivity contribution in [3.8, 4) is 0 Å². The number of benzene rings is 1. The van der Waals surface area contributed by atoms with E-state index >= 15 is 0 Å². The molecule has 21 heavy (non-hydrogen) atoms. The number of nitrogens with zero attached hydrogens (tertiary/aromatic N) is 3. The minimum absolute atomic E-state index is 0.418. The number of carbonyl (C=O) groups is 1. The fourth-order valence-electron chi connectivity index (χ4n) is 1.96. The van der Waals surface area contributed by atoms with Crippen LogP contribution in [0.15, 0.2) is 30.6 Å². The third-order valence-electron chi connectivity index (χ3n) is 2.96. The van der Waals surface area contributed by atoms with Crippen LogP contribution in [0.3, 0.4) is 0 Å². The maximum absolute atomic E-state index is 12.9. The highest BCUT2D eigenvalue weighted by atomic mass is 19.4. The molecule has 0 aliphatic carbocycles. The van der Waals surface area contributed by atoms with Gasteiger partial charge in [-0.3, -0.25) is 9.48 Å². The van der Waals surface area contributed by atoms with Gasteiger partial charge in [-0.2, -0.15) is 18.3 Å². The maximum Gasteiger partial charge on any atom is 0.417 e. The Hall–Kier alpha value is -2.38. The van der Waals surface area contributed by atoms with Gasteiger partial charge < -0.3 is 5.32 Å². The summed E-state index contributed by atoms with van der Waals surface area (Å²) in [6, 6.07) is 4.08. The predicted molar refractivity (Wildman–Crippen MR) is 68.3 cm³/mol. The number of rotatable bonds is 3. The second kappa shape index (κ2) is 5.55. The molecule has 112 valence electrons. The van der Waals surface area contributed by atoms with E-state index in [9.17, 15) is 18.0 Å². The molecule has 2 rings (SSSR count). The number of hydrogen-bond donors (Lipinski definition) is 1. The molecular formula is C13H13F3N4O. The van der Waals surface area contributed by atoms with Crippen LogP contribution >= 0.6 is 0 Å². The minimum atomic E-state index is -4.58. The lowest BCUT2D eigenvalue weighted by atomic mass is 10.1. The average Bonchev–Trinajstić information content (AvgIpc) is 2.84. The summed E-state index contributed by atoms with van der Waals surface area (Å²) in [6.07, 6.45) is -3.27. The summed E-state index contributed by atoms with van der Waals surface area (Å²) in [4.78, 5) is 16.0. The van der Waals surface area contributed by atoms with Crippen LogP contribution in [0.25, 0.3) is 0 Å². The van der Waals surface area contributed by atoms with E-state index in [1.54, 1.807) is 14.0 Å². The summed E-state index contributed by atoms with van der Waals surface area (Å²) in [5.74, 6) is -0.355. The van der Waals surface area contributed by atoms with Crippen LogP contribution in [0.1, 0.15) is 34.7 Å². The summed E-state index contributed by atoms with van der Waals surface area (Å²) < 4.78 is 40.1. The third-order valence-corrected chi connectivity index (χ3v) is 2.96. The van der Waals surface area contributed by atoms with Gasteiger partial charge >= 0.3 is 6.18 Å².